The summed E-state index contributed by atoms with van der Waals surface area (Å²) in [5, 5.41) is 3.13. The van der Waals surface area contributed by atoms with Crippen LogP contribution < -0.4 is 16.6 Å². The zero-order chi connectivity index (χ0) is 14.0. The number of aryl methyl sites for hydroxylation is 1. The van der Waals surface area contributed by atoms with Gasteiger partial charge in [-0.05, 0) is 37.3 Å². The van der Waals surface area contributed by atoms with Gasteiger partial charge in [-0.15, -0.1) is 0 Å². The number of hydrogen-bond acceptors (Lipinski definition) is 4. The number of nitrogens with two attached hydrogens (primary N) is 1. The minimum atomic E-state index is -0.0537. The predicted molar refractivity (Wildman–Crippen MR) is 75.7 cm³/mol. The molecule has 1 unspecified atom stereocenters. The molecule has 0 spiro atoms. The molecule has 1 atom stereocenters. The Morgan fingerprint density at radius 3 is 2.79 bits per heavy atom. The maximum Gasteiger partial charge on any atom is 0.251 e. The summed E-state index contributed by atoms with van der Waals surface area (Å²) < 4.78 is 0. The van der Waals surface area contributed by atoms with E-state index >= 15 is 0 Å². The Morgan fingerprint density at radius 2 is 2.21 bits per heavy atom. The summed E-state index contributed by atoms with van der Waals surface area (Å²) >= 11 is 0. The van der Waals surface area contributed by atoms with E-state index in [9.17, 15) is 4.79 Å². The van der Waals surface area contributed by atoms with Crippen molar-refractivity contribution in [3.8, 4) is 0 Å². The monoisotopic (exact) mass is 262 g/mol. The molecule has 4 N–H and O–H groups in total. The number of nitrogen functional groups attached to an aromatic ring is 1. The van der Waals surface area contributed by atoms with Crippen LogP contribution >= 0.6 is 0 Å². The number of hydrogen-bond donors (Lipinski definition) is 3. The van der Waals surface area contributed by atoms with Crippen molar-refractivity contribution < 1.29 is 4.79 Å². The number of rotatable bonds is 3. The van der Waals surface area contributed by atoms with Gasteiger partial charge in [0.2, 0.25) is 0 Å². The Hall–Kier alpha value is -1.62. The van der Waals surface area contributed by atoms with Gasteiger partial charge in [0, 0.05) is 17.3 Å². The molecule has 1 aliphatic carbocycles. The van der Waals surface area contributed by atoms with Gasteiger partial charge in [0.1, 0.15) is 5.82 Å². The summed E-state index contributed by atoms with van der Waals surface area (Å²) in [5.41, 5.74) is 4.02. The van der Waals surface area contributed by atoms with Crippen molar-refractivity contribution in [2.24, 2.45) is 11.3 Å². The fourth-order valence-electron chi connectivity index (χ4n) is 2.71. The van der Waals surface area contributed by atoms with Crippen LogP contribution in [0.1, 0.15) is 49.2 Å². The number of nitrogens with zero attached hydrogens (tertiary/aromatic N) is 1. The second-order valence-electron chi connectivity index (χ2n) is 5.93. The third kappa shape index (κ3) is 3.04. The first-order chi connectivity index (χ1) is 8.92. The standard InChI is InChI=1S/C14H22N4O/c1-9-7-10(8-12(16-9)18-15)13(19)17-11-5-4-6-14(11,2)3/h7-8,11H,4-6,15H2,1-3H3,(H,16,18)(H,17,19). The van der Waals surface area contributed by atoms with Gasteiger partial charge in [-0.1, -0.05) is 20.3 Å². The number of aromatic nitrogens is 1. The van der Waals surface area contributed by atoms with Crippen molar-refractivity contribution in [2.75, 3.05) is 5.43 Å². The van der Waals surface area contributed by atoms with Crippen LogP contribution in [0.3, 0.4) is 0 Å². The van der Waals surface area contributed by atoms with Crippen LogP contribution in [0.2, 0.25) is 0 Å². The lowest BCUT2D eigenvalue weighted by molar-refractivity contribution is 0.0910. The maximum absolute atomic E-state index is 12.3. The van der Waals surface area contributed by atoms with Crippen LogP contribution in [0.5, 0.6) is 0 Å². The molecule has 5 heteroatoms. The van der Waals surface area contributed by atoms with Gasteiger partial charge in [-0.2, -0.15) is 0 Å². The molecule has 0 radical (unpaired) electrons. The van der Waals surface area contributed by atoms with Crippen LogP contribution in [0.15, 0.2) is 12.1 Å². The average Bonchev–Trinajstić information content (AvgIpc) is 2.68. The normalized spacial score (nSPS) is 21.2. The fourth-order valence-corrected chi connectivity index (χ4v) is 2.71. The van der Waals surface area contributed by atoms with Crippen LogP contribution in [-0.2, 0) is 0 Å². The van der Waals surface area contributed by atoms with E-state index in [0.29, 0.717) is 11.4 Å². The second-order valence-corrected chi connectivity index (χ2v) is 5.93. The molecule has 1 fully saturated rings. The van der Waals surface area contributed by atoms with Crippen molar-refractivity contribution in [1.82, 2.24) is 10.3 Å². The highest BCUT2D eigenvalue weighted by molar-refractivity contribution is 5.95. The van der Waals surface area contributed by atoms with E-state index in [4.69, 9.17) is 5.84 Å². The summed E-state index contributed by atoms with van der Waals surface area (Å²) in [4.78, 5) is 16.5. The van der Waals surface area contributed by atoms with Crippen molar-refractivity contribution >= 4 is 11.7 Å². The highest BCUT2D eigenvalue weighted by Gasteiger charge is 2.35. The number of nitrogens with one attached hydrogen (secondary N) is 2. The average molecular weight is 262 g/mol. The third-order valence-electron chi connectivity index (χ3n) is 3.93. The van der Waals surface area contributed by atoms with Gasteiger partial charge >= 0.3 is 0 Å². The molecular formula is C14H22N4O. The molecule has 2 rings (SSSR count). The van der Waals surface area contributed by atoms with E-state index in [-0.39, 0.29) is 17.4 Å². The quantitative estimate of drug-likeness (QED) is 0.575. The molecule has 0 aliphatic heterocycles. The van der Waals surface area contributed by atoms with Gasteiger partial charge in [-0.25, -0.2) is 10.8 Å². The number of anilines is 1. The van der Waals surface area contributed by atoms with E-state index in [0.717, 1.165) is 18.5 Å². The van der Waals surface area contributed by atoms with E-state index < -0.39 is 0 Å². The first kappa shape index (κ1) is 13.8. The van der Waals surface area contributed by atoms with Gasteiger partial charge < -0.3 is 10.7 Å². The molecule has 19 heavy (non-hydrogen) atoms. The second kappa shape index (κ2) is 5.17. The van der Waals surface area contributed by atoms with Crippen molar-refractivity contribution in [1.29, 1.82) is 0 Å². The zero-order valence-corrected chi connectivity index (χ0v) is 11.8. The molecule has 0 saturated heterocycles. The number of pyridine rings is 1. The third-order valence-corrected chi connectivity index (χ3v) is 3.93. The first-order valence-corrected chi connectivity index (χ1v) is 6.68. The van der Waals surface area contributed by atoms with Crippen LogP contribution in [-0.4, -0.2) is 16.9 Å². The van der Waals surface area contributed by atoms with Gasteiger partial charge in [0.25, 0.3) is 5.91 Å². The Kier molecular flexibility index (Phi) is 3.75. The summed E-state index contributed by atoms with van der Waals surface area (Å²) in [6.07, 6.45) is 3.37. The van der Waals surface area contributed by atoms with Gasteiger partial charge in [0.15, 0.2) is 0 Å². The molecular weight excluding hydrogens is 240 g/mol. The van der Waals surface area contributed by atoms with E-state index in [1.165, 1.54) is 6.42 Å². The number of carbonyl (C=O) groups excluding carboxylic acids is 1. The molecule has 104 valence electrons. The zero-order valence-electron chi connectivity index (χ0n) is 11.8. The smallest absolute Gasteiger partial charge is 0.251 e. The minimum Gasteiger partial charge on any atom is -0.349 e. The fraction of sp³-hybridized carbons (Fsp3) is 0.571. The lowest BCUT2D eigenvalue weighted by Gasteiger charge is -2.27. The SMILES string of the molecule is Cc1cc(C(=O)NC2CCCC2(C)C)cc(NN)n1. The Morgan fingerprint density at radius 1 is 1.47 bits per heavy atom. The van der Waals surface area contributed by atoms with Crippen LogP contribution in [0.25, 0.3) is 0 Å². The molecule has 1 aromatic rings. The number of carbonyl (C=O) groups is 1. The highest BCUT2D eigenvalue weighted by atomic mass is 16.1. The Bertz CT molecular complexity index is 484. The van der Waals surface area contributed by atoms with Gasteiger partial charge in [-0.3, -0.25) is 4.79 Å². The maximum atomic E-state index is 12.3. The number of amides is 1. The molecule has 1 aliphatic rings. The predicted octanol–water partition coefficient (Wildman–Crippen LogP) is 1.98. The number of hydrazine groups is 1. The molecule has 5 nitrogen and oxygen atoms in total. The highest BCUT2D eigenvalue weighted by Crippen LogP contribution is 2.37. The molecule has 1 amide bonds. The first-order valence-electron chi connectivity index (χ1n) is 6.68. The van der Waals surface area contributed by atoms with Crippen molar-refractivity contribution in [2.45, 2.75) is 46.1 Å². The summed E-state index contributed by atoms with van der Waals surface area (Å²) in [7, 11) is 0. The summed E-state index contributed by atoms with van der Waals surface area (Å²) in [5.74, 6) is 5.81. The lowest BCUT2D eigenvalue weighted by Crippen LogP contribution is -2.41. The van der Waals surface area contributed by atoms with Crippen molar-refractivity contribution in [3.05, 3.63) is 23.4 Å². The largest absolute Gasteiger partial charge is 0.349 e. The van der Waals surface area contributed by atoms with Crippen LogP contribution in [0, 0.1) is 12.3 Å². The lowest BCUT2D eigenvalue weighted by atomic mass is 9.87. The van der Waals surface area contributed by atoms with E-state index in [2.05, 4.69) is 29.6 Å². The summed E-state index contributed by atoms with van der Waals surface area (Å²) in [6.45, 7) is 6.25. The topological polar surface area (TPSA) is 80.0 Å². The summed E-state index contributed by atoms with van der Waals surface area (Å²) in [6, 6.07) is 3.69. The van der Waals surface area contributed by atoms with Crippen molar-refractivity contribution in [3.63, 3.8) is 0 Å². The van der Waals surface area contributed by atoms with Crippen LogP contribution in [0.4, 0.5) is 5.82 Å². The van der Waals surface area contributed by atoms with E-state index in [1.54, 1.807) is 12.1 Å². The Labute approximate surface area is 114 Å². The molecule has 1 saturated carbocycles. The Balaban J connectivity index is 2.14. The van der Waals surface area contributed by atoms with E-state index in [1.807, 2.05) is 6.92 Å². The molecule has 0 bridgehead atoms. The molecule has 1 heterocycles. The minimum absolute atomic E-state index is 0.0537. The molecule has 0 aromatic carbocycles. The molecule has 1 aromatic heterocycles. The van der Waals surface area contributed by atoms with Gasteiger partial charge in [0.05, 0.1) is 0 Å².